The van der Waals surface area contributed by atoms with Gasteiger partial charge in [0, 0.05) is 4.47 Å². The summed E-state index contributed by atoms with van der Waals surface area (Å²) in [7, 11) is 0. The predicted molar refractivity (Wildman–Crippen MR) is 70.1 cm³/mol. The zero-order valence-electron chi connectivity index (χ0n) is 9.58. The van der Waals surface area contributed by atoms with Gasteiger partial charge in [-0.25, -0.2) is 4.39 Å². The summed E-state index contributed by atoms with van der Waals surface area (Å²) in [5.74, 6) is 0.136. The van der Waals surface area contributed by atoms with Crippen LogP contribution < -0.4 is 4.74 Å². The summed E-state index contributed by atoms with van der Waals surface area (Å²) in [6.45, 7) is 1.88. The van der Waals surface area contributed by atoms with Gasteiger partial charge in [-0.1, -0.05) is 22.0 Å². The summed E-state index contributed by atoms with van der Waals surface area (Å²) >= 11 is 3.33. The van der Waals surface area contributed by atoms with Crippen LogP contribution in [0.2, 0.25) is 0 Å². The molecule has 0 spiro atoms. The lowest BCUT2D eigenvalue weighted by molar-refractivity contribution is 0.439. The number of benzene rings is 2. The average Bonchev–Trinajstić information content (AvgIpc) is 2.36. The van der Waals surface area contributed by atoms with Crippen molar-refractivity contribution in [1.29, 1.82) is 5.26 Å². The van der Waals surface area contributed by atoms with E-state index in [0.29, 0.717) is 5.75 Å². The molecule has 0 aliphatic heterocycles. The highest BCUT2D eigenvalue weighted by Crippen LogP contribution is 2.29. The van der Waals surface area contributed by atoms with Gasteiger partial charge in [-0.05, 0) is 42.8 Å². The Balaban J connectivity index is 2.34. The molecular weight excluding hydrogens is 297 g/mol. The summed E-state index contributed by atoms with van der Waals surface area (Å²) < 4.78 is 20.0. The molecule has 18 heavy (non-hydrogen) atoms. The highest BCUT2D eigenvalue weighted by molar-refractivity contribution is 9.10. The summed E-state index contributed by atoms with van der Waals surface area (Å²) in [4.78, 5) is 0. The molecule has 0 saturated heterocycles. The number of hydrogen-bond acceptors (Lipinski definition) is 2. The van der Waals surface area contributed by atoms with Crippen molar-refractivity contribution in [2.24, 2.45) is 0 Å². The van der Waals surface area contributed by atoms with Crippen LogP contribution in [0.3, 0.4) is 0 Å². The lowest BCUT2D eigenvalue weighted by Crippen LogP contribution is -1.91. The number of halogens is 2. The van der Waals surface area contributed by atoms with Crippen LogP contribution in [0.4, 0.5) is 4.39 Å². The van der Waals surface area contributed by atoms with Crippen molar-refractivity contribution in [1.82, 2.24) is 0 Å². The van der Waals surface area contributed by atoms with Crippen molar-refractivity contribution in [2.45, 2.75) is 6.92 Å². The Hall–Kier alpha value is -1.86. The maximum absolute atomic E-state index is 13.7. The molecule has 0 atom stereocenters. The fourth-order valence-electron chi connectivity index (χ4n) is 1.46. The summed E-state index contributed by atoms with van der Waals surface area (Å²) in [5.41, 5.74) is 1.17. The molecule has 0 N–H and O–H groups in total. The minimum Gasteiger partial charge on any atom is -0.454 e. The van der Waals surface area contributed by atoms with Crippen LogP contribution in [-0.4, -0.2) is 0 Å². The van der Waals surface area contributed by atoms with Crippen molar-refractivity contribution in [3.63, 3.8) is 0 Å². The van der Waals surface area contributed by atoms with Gasteiger partial charge in [0.15, 0.2) is 11.6 Å². The number of nitrogens with zero attached hydrogens (tertiary/aromatic N) is 1. The molecule has 0 bridgehead atoms. The molecular formula is C14H9BrFNO. The maximum atomic E-state index is 13.7. The minimum absolute atomic E-state index is 0.107. The van der Waals surface area contributed by atoms with Crippen LogP contribution in [0.1, 0.15) is 11.1 Å². The molecule has 2 aromatic carbocycles. The van der Waals surface area contributed by atoms with Crippen LogP contribution in [0, 0.1) is 24.1 Å². The first-order chi connectivity index (χ1) is 8.60. The number of nitriles is 1. The third-order valence-corrected chi connectivity index (χ3v) is 2.92. The van der Waals surface area contributed by atoms with Crippen molar-refractivity contribution >= 4 is 15.9 Å². The molecule has 0 aliphatic carbocycles. The normalized spacial score (nSPS) is 9.89. The third-order valence-electron chi connectivity index (χ3n) is 2.43. The lowest BCUT2D eigenvalue weighted by atomic mass is 10.2. The van der Waals surface area contributed by atoms with Gasteiger partial charge in [0.1, 0.15) is 5.75 Å². The van der Waals surface area contributed by atoms with Crippen LogP contribution in [0.25, 0.3) is 0 Å². The number of hydrogen-bond donors (Lipinski definition) is 0. The highest BCUT2D eigenvalue weighted by atomic mass is 79.9. The van der Waals surface area contributed by atoms with Crippen LogP contribution in [0.15, 0.2) is 40.9 Å². The highest BCUT2D eigenvalue weighted by Gasteiger charge is 2.08. The van der Waals surface area contributed by atoms with E-state index in [1.54, 1.807) is 6.07 Å². The van der Waals surface area contributed by atoms with Gasteiger partial charge in [-0.3, -0.25) is 0 Å². The Morgan fingerprint density at radius 3 is 2.61 bits per heavy atom. The van der Waals surface area contributed by atoms with E-state index >= 15 is 0 Å². The van der Waals surface area contributed by atoms with Gasteiger partial charge in [-0.2, -0.15) is 5.26 Å². The molecule has 2 aromatic rings. The molecule has 2 rings (SSSR count). The molecule has 0 fully saturated rings. The maximum Gasteiger partial charge on any atom is 0.167 e. The summed E-state index contributed by atoms with van der Waals surface area (Å²) in [5, 5.41) is 8.66. The van der Waals surface area contributed by atoms with Gasteiger partial charge in [0.05, 0.1) is 11.6 Å². The van der Waals surface area contributed by atoms with Gasteiger partial charge in [-0.15, -0.1) is 0 Å². The largest absolute Gasteiger partial charge is 0.454 e. The van der Waals surface area contributed by atoms with Crippen LogP contribution in [0.5, 0.6) is 11.5 Å². The Kier molecular flexibility index (Phi) is 3.63. The predicted octanol–water partition coefficient (Wildman–Crippen LogP) is 4.56. The first kappa shape index (κ1) is 12.6. The fraction of sp³-hybridized carbons (Fsp3) is 0.0714. The molecule has 2 nitrogen and oxygen atoms in total. The first-order valence-electron chi connectivity index (χ1n) is 5.24. The Morgan fingerprint density at radius 2 is 1.94 bits per heavy atom. The van der Waals surface area contributed by atoms with E-state index in [1.165, 1.54) is 12.1 Å². The lowest BCUT2D eigenvalue weighted by Gasteiger charge is -2.09. The Morgan fingerprint density at radius 1 is 1.17 bits per heavy atom. The van der Waals surface area contributed by atoms with E-state index < -0.39 is 5.82 Å². The molecule has 0 aliphatic rings. The monoisotopic (exact) mass is 305 g/mol. The topological polar surface area (TPSA) is 33.0 Å². The van der Waals surface area contributed by atoms with Gasteiger partial charge < -0.3 is 4.74 Å². The van der Waals surface area contributed by atoms with Crippen LogP contribution >= 0.6 is 15.9 Å². The van der Waals surface area contributed by atoms with E-state index in [4.69, 9.17) is 10.00 Å². The molecule has 4 heteroatoms. The molecule has 0 amide bonds. The zero-order valence-corrected chi connectivity index (χ0v) is 11.2. The molecule has 0 radical (unpaired) electrons. The molecule has 0 unspecified atom stereocenters. The van der Waals surface area contributed by atoms with Gasteiger partial charge in [0.2, 0.25) is 0 Å². The minimum atomic E-state index is -0.548. The first-order valence-corrected chi connectivity index (χ1v) is 6.03. The van der Waals surface area contributed by atoms with E-state index in [0.717, 1.165) is 16.1 Å². The second-order valence-electron chi connectivity index (χ2n) is 3.77. The van der Waals surface area contributed by atoms with Crippen molar-refractivity contribution < 1.29 is 9.13 Å². The van der Waals surface area contributed by atoms with Gasteiger partial charge >= 0.3 is 0 Å². The van der Waals surface area contributed by atoms with Crippen molar-refractivity contribution in [3.05, 3.63) is 57.8 Å². The van der Waals surface area contributed by atoms with E-state index in [9.17, 15) is 4.39 Å². The fourth-order valence-corrected chi connectivity index (χ4v) is 1.80. The smallest absolute Gasteiger partial charge is 0.167 e. The average molecular weight is 306 g/mol. The van der Waals surface area contributed by atoms with Gasteiger partial charge in [0.25, 0.3) is 0 Å². The SMILES string of the molecule is Cc1ccc(Br)cc1Oc1ccc(C#N)cc1F. The third kappa shape index (κ3) is 2.69. The second kappa shape index (κ2) is 5.19. The molecule has 90 valence electrons. The number of rotatable bonds is 2. The number of aryl methyl sites for hydroxylation is 1. The summed E-state index contributed by atoms with van der Waals surface area (Å²) in [6.07, 6.45) is 0. The van der Waals surface area contributed by atoms with E-state index in [-0.39, 0.29) is 11.3 Å². The number of ether oxygens (including phenoxy) is 1. The second-order valence-corrected chi connectivity index (χ2v) is 4.68. The standard InChI is InChI=1S/C14H9BrFNO/c1-9-2-4-11(15)7-14(9)18-13-5-3-10(8-17)6-12(13)16/h2-7H,1H3. The Labute approximate surface area is 113 Å². The summed E-state index contributed by atoms with van der Waals surface area (Å²) in [6, 6.07) is 11.5. The van der Waals surface area contributed by atoms with E-state index in [2.05, 4.69) is 15.9 Å². The Bertz CT molecular complexity index is 634. The zero-order chi connectivity index (χ0) is 13.1. The van der Waals surface area contributed by atoms with Crippen LogP contribution in [-0.2, 0) is 0 Å². The van der Waals surface area contributed by atoms with Crippen molar-refractivity contribution in [3.8, 4) is 17.6 Å². The molecule has 0 saturated carbocycles. The van der Waals surface area contributed by atoms with Crippen molar-refractivity contribution in [2.75, 3.05) is 0 Å². The quantitative estimate of drug-likeness (QED) is 0.815. The van der Waals surface area contributed by atoms with E-state index in [1.807, 2.05) is 25.1 Å². The molecule has 0 heterocycles. The molecule has 0 aromatic heterocycles.